The number of methoxy groups -OCH3 is 2. The van der Waals surface area contributed by atoms with E-state index in [1.54, 1.807) is 14.2 Å². The topological polar surface area (TPSA) is 27.7 Å². The van der Waals surface area contributed by atoms with E-state index < -0.39 is 0 Å². The molecule has 0 saturated carbocycles. The van der Waals surface area contributed by atoms with Crippen molar-refractivity contribution < 1.29 is 14.2 Å². The summed E-state index contributed by atoms with van der Waals surface area (Å²) in [6, 6.07) is 8.19. The van der Waals surface area contributed by atoms with Crippen LogP contribution in [-0.4, -0.2) is 39.4 Å². The van der Waals surface area contributed by atoms with Gasteiger partial charge in [-0.15, -0.1) is 0 Å². The van der Waals surface area contributed by atoms with Crippen molar-refractivity contribution in [2.45, 2.75) is 12.8 Å². The van der Waals surface area contributed by atoms with Crippen molar-refractivity contribution in [3.63, 3.8) is 0 Å². The molecule has 0 fully saturated rings. The van der Waals surface area contributed by atoms with E-state index in [-0.39, 0.29) is 0 Å². The third-order valence-corrected chi connectivity index (χ3v) is 3.94. The van der Waals surface area contributed by atoms with Crippen LogP contribution in [0, 0.1) is 5.92 Å². The van der Waals surface area contributed by atoms with E-state index in [4.69, 9.17) is 14.2 Å². The summed E-state index contributed by atoms with van der Waals surface area (Å²) in [5.41, 5.74) is 1.26. The summed E-state index contributed by atoms with van der Waals surface area (Å²) in [6.45, 7) is 2.10. The Labute approximate surface area is 124 Å². The molecule has 1 aromatic carbocycles. The molecule has 1 unspecified atom stereocenters. The maximum atomic E-state index is 5.52. The summed E-state index contributed by atoms with van der Waals surface area (Å²) in [6.07, 6.45) is 2.04. The van der Waals surface area contributed by atoms with Gasteiger partial charge in [-0.3, -0.25) is 0 Å². The molecule has 3 nitrogen and oxygen atoms in total. The van der Waals surface area contributed by atoms with Crippen LogP contribution < -0.4 is 4.74 Å². The summed E-state index contributed by atoms with van der Waals surface area (Å²) >= 11 is 3.58. The predicted molar refractivity (Wildman–Crippen MR) is 81.3 cm³/mol. The van der Waals surface area contributed by atoms with E-state index in [0.29, 0.717) is 19.1 Å². The van der Waals surface area contributed by atoms with Gasteiger partial charge in [-0.1, -0.05) is 34.1 Å². The number of hydrogen-bond acceptors (Lipinski definition) is 3. The van der Waals surface area contributed by atoms with Gasteiger partial charge in [0.2, 0.25) is 0 Å². The van der Waals surface area contributed by atoms with Gasteiger partial charge >= 0.3 is 0 Å². The molecule has 0 aliphatic carbocycles. The minimum absolute atomic E-state index is 0.554. The molecule has 1 rings (SSSR count). The van der Waals surface area contributed by atoms with Crippen LogP contribution in [0.15, 0.2) is 24.3 Å². The molecule has 1 atom stereocenters. The molecule has 1 aromatic rings. The minimum Gasteiger partial charge on any atom is -0.496 e. The highest BCUT2D eigenvalue weighted by molar-refractivity contribution is 9.09. The largest absolute Gasteiger partial charge is 0.496 e. The maximum absolute atomic E-state index is 5.52. The van der Waals surface area contributed by atoms with Crippen molar-refractivity contribution in [1.82, 2.24) is 0 Å². The van der Waals surface area contributed by atoms with Crippen LogP contribution >= 0.6 is 15.9 Å². The summed E-state index contributed by atoms with van der Waals surface area (Å²) in [5.74, 6) is 1.52. The maximum Gasteiger partial charge on any atom is 0.122 e. The second kappa shape index (κ2) is 10.2. The number of alkyl halides is 1. The smallest absolute Gasteiger partial charge is 0.122 e. The minimum atomic E-state index is 0.554. The Bertz CT molecular complexity index is 344. The number of para-hydroxylation sites is 1. The quantitative estimate of drug-likeness (QED) is 0.486. The highest BCUT2D eigenvalue weighted by Crippen LogP contribution is 2.23. The van der Waals surface area contributed by atoms with Crippen LogP contribution in [-0.2, 0) is 15.9 Å². The van der Waals surface area contributed by atoms with Gasteiger partial charge in [-0.2, -0.15) is 0 Å². The molecule has 0 heterocycles. The molecule has 0 amide bonds. The Morgan fingerprint density at radius 2 is 1.89 bits per heavy atom. The number of rotatable bonds is 10. The van der Waals surface area contributed by atoms with Gasteiger partial charge in [0.1, 0.15) is 5.75 Å². The van der Waals surface area contributed by atoms with Crippen molar-refractivity contribution >= 4 is 15.9 Å². The molecule has 0 bridgehead atoms. The summed E-state index contributed by atoms with van der Waals surface area (Å²) < 4.78 is 15.9. The Morgan fingerprint density at radius 3 is 2.58 bits per heavy atom. The molecule has 0 saturated heterocycles. The standard InChI is InChI=1S/C15H23BrO3/c1-17-9-10-19-8-7-13(12-16)11-14-5-3-4-6-15(14)18-2/h3-6,13H,7-12H2,1-2H3. The van der Waals surface area contributed by atoms with Crippen LogP contribution in [0.3, 0.4) is 0 Å². The highest BCUT2D eigenvalue weighted by Gasteiger charge is 2.11. The second-order valence-electron chi connectivity index (χ2n) is 4.43. The van der Waals surface area contributed by atoms with Crippen molar-refractivity contribution in [2.24, 2.45) is 5.92 Å². The SMILES string of the molecule is COCCOCCC(CBr)Cc1ccccc1OC. The van der Waals surface area contributed by atoms with Crippen molar-refractivity contribution in [3.05, 3.63) is 29.8 Å². The summed E-state index contributed by atoms with van der Waals surface area (Å²) in [4.78, 5) is 0. The zero-order valence-electron chi connectivity index (χ0n) is 11.7. The first kappa shape index (κ1) is 16.5. The monoisotopic (exact) mass is 330 g/mol. The van der Waals surface area contributed by atoms with E-state index in [1.807, 2.05) is 12.1 Å². The number of hydrogen-bond donors (Lipinski definition) is 0. The lowest BCUT2D eigenvalue weighted by molar-refractivity contribution is 0.0648. The van der Waals surface area contributed by atoms with Gasteiger partial charge in [0.15, 0.2) is 0 Å². The Balaban J connectivity index is 2.38. The van der Waals surface area contributed by atoms with Gasteiger partial charge in [-0.05, 0) is 30.4 Å². The molecular formula is C15H23BrO3. The average Bonchev–Trinajstić information content (AvgIpc) is 2.46. The highest BCUT2D eigenvalue weighted by atomic mass is 79.9. The van der Waals surface area contributed by atoms with Gasteiger partial charge in [0.05, 0.1) is 20.3 Å². The molecule has 0 radical (unpaired) electrons. The van der Waals surface area contributed by atoms with E-state index in [9.17, 15) is 0 Å². The summed E-state index contributed by atoms with van der Waals surface area (Å²) in [5, 5.41) is 0.971. The first-order valence-corrected chi connectivity index (χ1v) is 7.68. The Morgan fingerprint density at radius 1 is 1.11 bits per heavy atom. The molecule has 0 N–H and O–H groups in total. The molecule has 0 aromatic heterocycles. The van der Waals surface area contributed by atoms with Crippen LogP contribution in [0.5, 0.6) is 5.75 Å². The fourth-order valence-electron chi connectivity index (χ4n) is 1.91. The molecular weight excluding hydrogens is 308 g/mol. The van der Waals surface area contributed by atoms with E-state index in [2.05, 4.69) is 28.1 Å². The zero-order chi connectivity index (χ0) is 13.9. The molecule has 0 spiro atoms. The van der Waals surface area contributed by atoms with Crippen LogP contribution in [0.4, 0.5) is 0 Å². The fourth-order valence-corrected chi connectivity index (χ4v) is 2.46. The lowest BCUT2D eigenvalue weighted by atomic mass is 9.98. The lowest BCUT2D eigenvalue weighted by Gasteiger charge is -2.16. The molecule has 0 aliphatic heterocycles. The fraction of sp³-hybridized carbons (Fsp3) is 0.600. The number of benzene rings is 1. The third-order valence-electron chi connectivity index (χ3n) is 3.02. The van der Waals surface area contributed by atoms with Crippen molar-refractivity contribution in [1.29, 1.82) is 0 Å². The predicted octanol–water partition coefficient (Wildman–Crippen LogP) is 3.30. The number of ether oxygens (including phenoxy) is 3. The van der Waals surface area contributed by atoms with Crippen molar-refractivity contribution in [2.75, 3.05) is 39.4 Å². The second-order valence-corrected chi connectivity index (χ2v) is 5.08. The van der Waals surface area contributed by atoms with E-state index in [1.165, 1.54) is 5.56 Å². The van der Waals surface area contributed by atoms with Crippen LogP contribution in [0.1, 0.15) is 12.0 Å². The Hall–Kier alpha value is -0.580. The van der Waals surface area contributed by atoms with Crippen LogP contribution in [0.25, 0.3) is 0 Å². The number of halogens is 1. The van der Waals surface area contributed by atoms with Gasteiger partial charge in [0, 0.05) is 19.0 Å². The first-order valence-electron chi connectivity index (χ1n) is 6.56. The molecule has 108 valence electrons. The molecule has 19 heavy (non-hydrogen) atoms. The summed E-state index contributed by atoms with van der Waals surface area (Å²) in [7, 11) is 3.40. The lowest BCUT2D eigenvalue weighted by Crippen LogP contribution is -2.12. The molecule has 0 aliphatic rings. The zero-order valence-corrected chi connectivity index (χ0v) is 13.3. The third kappa shape index (κ3) is 6.41. The average molecular weight is 331 g/mol. The normalized spacial score (nSPS) is 12.4. The van der Waals surface area contributed by atoms with Gasteiger partial charge in [-0.25, -0.2) is 0 Å². The van der Waals surface area contributed by atoms with Crippen molar-refractivity contribution in [3.8, 4) is 5.75 Å². The van der Waals surface area contributed by atoms with Gasteiger partial charge in [0.25, 0.3) is 0 Å². The van der Waals surface area contributed by atoms with Gasteiger partial charge < -0.3 is 14.2 Å². The van der Waals surface area contributed by atoms with E-state index >= 15 is 0 Å². The van der Waals surface area contributed by atoms with Crippen LogP contribution in [0.2, 0.25) is 0 Å². The first-order chi connectivity index (χ1) is 9.31. The molecule has 4 heteroatoms. The Kier molecular flexibility index (Phi) is 8.88. The van der Waals surface area contributed by atoms with E-state index in [0.717, 1.165) is 30.5 Å².